The standard InChI is InChI=1S/C12H17N5O2S/c1-2-9-3-4-10(7-11(9)13)20(18,19)16-6-5-12-14-8-15-17-12/h3-4,7-8,16H,2,5-6,13H2,1H3,(H,14,15,17). The highest BCUT2D eigenvalue weighted by Gasteiger charge is 2.14. The Morgan fingerprint density at radius 2 is 2.20 bits per heavy atom. The number of benzene rings is 1. The average molecular weight is 295 g/mol. The molecule has 4 N–H and O–H groups in total. The molecule has 0 unspecified atom stereocenters. The summed E-state index contributed by atoms with van der Waals surface area (Å²) < 4.78 is 26.7. The number of aryl methyl sites for hydroxylation is 1. The fraction of sp³-hybridized carbons (Fsp3) is 0.333. The summed E-state index contributed by atoms with van der Waals surface area (Å²) in [6.45, 7) is 2.21. The molecule has 0 aliphatic heterocycles. The number of hydrogen-bond acceptors (Lipinski definition) is 5. The molecule has 20 heavy (non-hydrogen) atoms. The molecule has 7 nitrogen and oxygen atoms in total. The Morgan fingerprint density at radius 3 is 2.80 bits per heavy atom. The van der Waals surface area contributed by atoms with E-state index >= 15 is 0 Å². The smallest absolute Gasteiger partial charge is 0.240 e. The van der Waals surface area contributed by atoms with Crippen molar-refractivity contribution in [3.8, 4) is 0 Å². The van der Waals surface area contributed by atoms with Gasteiger partial charge < -0.3 is 5.73 Å². The van der Waals surface area contributed by atoms with E-state index < -0.39 is 10.0 Å². The molecule has 0 fully saturated rings. The molecule has 108 valence electrons. The maximum absolute atomic E-state index is 12.1. The van der Waals surface area contributed by atoms with Gasteiger partial charge in [-0.1, -0.05) is 13.0 Å². The Labute approximate surface area is 117 Å². The maximum atomic E-state index is 12.1. The van der Waals surface area contributed by atoms with Crippen LogP contribution in [0.5, 0.6) is 0 Å². The minimum absolute atomic E-state index is 0.171. The van der Waals surface area contributed by atoms with Gasteiger partial charge in [0.05, 0.1) is 4.90 Å². The molecule has 0 aliphatic carbocycles. The van der Waals surface area contributed by atoms with Crippen molar-refractivity contribution in [2.75, 3.05) is 12.3 Å². The predicted molar refractivity (Wildman–Crippen MR) is 75.5 cm³/mol. The van der Waals surface area contributed by atoms with Crippen LogP contribution in [0.25, 0.3) is 0 Å². The lowest BCUT2D eigenvalue weighted by Gasteiger charge is -2.08. The van der Waals surface area contributed by atoms with Crippen molar-refractivity contribution < 1.29 is 8.42 Å². The molecule has 1 aromatic heterocycles. The van der Waals surface area contributed by atoms with Gasteiger partial charge >= 0.3 is 0 Å². The van der Waals surface area contributed by atoms with E-state index in [0.717, 1.165) is 12.0 Å². The molecule has 2 rings (SSSR count). The number of nitrogens with zero attached hydrogens (tertiary/aromatic N) is 2. The topological polar surface area (TPSA) is 114 Å². The quantitative estimate of drug-likeness (QED) is 0.670. The molecule has 0 amide bonds. The van der Waals surface area contributed by atoms with Crippen LogP contribution >= 0.6 is 0 Å². The molecule has 1 heterocycles. The highest BCUT2D eigenvalue weighted by Crippen LogP contribution is 2.18. The highest BCUT2D eigenvalue weighted by atomic mass is 32.2. The summed E-state index contributed by atoms with van der Waals surface area (Å²) in [5.41, 5.74) is 7.25. The molecule has 0 aliphatic rings. The number of sulfonamides is 1. The molecule has 0 atom stereocenters. The van der Waals surface area contributed by atoms with Gasteiger partial charge in [0, 0.05) is 18.7 Å². The van der Waals surface area contributed by atoms with Crippen LogP contribution in [0.3, 0.4) is 0 Å². The Balaban J connectivity index is 2.04. The number of anilines is 1. The lowest BCUT2D eigenvalue weighted by atomic mass is 10.1. The first-order chi connectivity index (χ1) is 9.53. The summed E-state index contributed by atoms with van der Waals surface area (Å²) in [6, 6.07) is 4.78. The number of nitrogens with one attached hydrogen (secondary N) is 2. The van der Waals surface area contributed by atoms with Gasteiger partial charge in [-0.25, -0.2) is 18.1 Å². The number of nitrogens with two attached hydrogens (primary N) is 1. The molecule has 2 aromatic rings. The van der Waals surface area contributed by atoms with Gasteiger partial charge in [0.2, 0.25) is 10.0 Å². The number of nitrogen functional groups attached to an aromatic ring is 1. The second kappa shape index (κ2) is 6.02. The van der Waals surface area contributed by atoms with Crippen molar-refractivity contribution in [2.24, 2.45) is 0 Å². The zero-order valence-electron chi connectivity index (χ0n) is 11.1. The Morgan fingerprint density at radius 1 is 1.40 bits per heavy atom. The monoisotopic (exact) mass is 295 g/mol. The third kappa shape index (κ3) is 3.34. The summed E-state index contributed by atoms with van der Waals surface area (Å²) in [5, 5.41) is 6.37. The van der Waals surface area contributed by atoms with E-state index in [-0.39, 0.29) is 11.4 Å². The number of hydrogen-bond donors (Lipinski definition) is 3. The molecule has 8 heteroatoms. The van der Waals surface area contributed by atoms with Gasteiger partial charge in [-0.05, 0) is 24.1 Å². The van der Waals surface area contributed by atoms with E-state index in [1.54, 1.807) is 12.1 Å². The van der Waals surface area contributed by atoms with Gasteiger partial charge in [-0.3, -0.25) is 5.10 Å². The third-order valence-corrected chi connectivity index (χ3v) is 4.39. The van der Waals surface area contributed by atoms with Crippen LogP contribution in [0.4, 0.5) is 5.69 Å². The number of aromatic amines is 1. The first kappa shape index (κ1) is 14.5. The summed E-state index contributed by atoms with van der Waals surface area (Å²) in [7, 11) is -3.55. The molecule has 0 radical (unpaired) electrons. The van der Waals surface area contributed by atoms with E-state index in [9.17, 15) is 8.42 Å². The van der Waals surface area contributed by atoms with Crippen LogP contribution < -0.4 is 10.5 Å². The molecular weight excluding hydrogens is 278 g/mol. The summed E-state index contributed by atoms with van der Waals surface area (Å²) in [5.74, 6) is 0.633. The van der Waals surface area contributed by atoms with Crippen molar-refractivity contribution >= 4 is 15.7 Å². The highest BCUT2D eigenvalue weighted by molar-refractivity contribution is 7.89. The lowest BCUT2D eigenvalue weighted by Crippen LogP contribution is -2.26. The van der Waals surface area contributed by atoms with Crippen LogP contribution in [0.1, 0.15) is 18.3 Å². The first-order valence-corrected chi connectivity index (χ1v) is 7.73. The van der Waals surface area contributed by atoms with E-state index in [4.69, 9.17) is 5.73 Å². The fourth-order valence-corrected chi connectivity index (χ4v) is 2.87. The zero-order chi connectivity index (χ0) is 14.6. The molecular formula is C12H17N5O2S. The summed E-state index contributed by atoms with van der Waals surface area (Å²) in [4.78, 5) is 4.09. The summed E-state index contributed by atoms with van der Waals surface area (Å²) >= 11 is 0. The molecule has 0 spiro atoms. The summed E-state index contributed by atoms with van der Waals surface area (Å²) in [6.07, 6.45) is 2.60. The number of aromatic nitrogens is 3. The van der Waals surface area contributed by atoms with Gasteiger partial charge in [-0.2, -0.15) is 5.10 Å². The Kier molecular flexibility index (Phi) is 4.35. The fourth-order valence-electron chi connectivity index (χ4n) is 1.80. The van der Waals surface area contributed by atoms with Crippen molar-refractivity contribution in [3.05, 3.63) is 35.9 Å². The lowest BCUT2D eigenvalue weighted by molar-refractivity contribution is 0.581. The van der Waals surface area contributed by atoms with Gasteiger partial charge in [0.25, 0.3) is 0 Å². The largest absolute Gasteiger partial charge is 0.398 e. The third-order valence-electron chi connectivity index (χ3n) is 2.93. The number of rotatable bonds is 6. The Bertz CT molecular complexity index is 667. The van der Waals surface area contributed by atoms with Crippen molar-refractivity contribution in [1.82, 2.24) is 19.9 Å². The number of H-pyrrole nitrogens is 1. The normalized spacial score (nSPS) is 11.7. The minimum atomic E-state index is -3.55. The second-order valence-corrected chi connectivity index (χ2v) is 6.06. The van der Waals surface area contributed by atoms with Crippen molar-refractivity contribution in [2.45, 2.75) is 24.7 Å². The van der Waals surface area contributed by atoms with Crippen LogP contribution in [-0.4, -0.2) is 30.1 Å². The zero-order valence-corrected chi connectivity index (χ0v) is 11.9. The van der Waals surface area contributed by atoms with Gasteiger partial charge in [0.1, 0.15) is 12.2 Å². The maximum Gasteiger partial charge on any atom is 0.240 e. The van der Waals surface area contributed by atoms with E-state index in [0.29, 0.717) is 17.9 Å². The van der Waals surface area contributed by atoms with Crippen LogP contribution in [0.15, 0.2) is 29.4 Å². The SMILES string of the molecule is CCc1ccc(S(=O)(=O)NCCc2ncn[nH]2)cc1N. The van der Waals surface area contributed by atoms with Crippen molar-refractivity contribution in [1.29, 1.82) is 0 Å². The first-order valence-electron chi connectivity index (χ1n) is 6.25. The van der Waals surface area contributed by atoms with Gasteiger partial charge in [0.15, 0.2) is 0 Å². The van der Waals surface area contributed by atoms with Crippen molar-refractivity contribution in [3.63, 3.8) is 0 Å². The Hall–Kier alpha value is -1.93. The van der Waals surface area contributed by atoms with E-state index in [1.165, 1.54) is 12.4 Å². The average Bonchev–Trinajstić information content (AvgIpc) is 2.91. The minimum Gasteiger partial charge on any atom is -0.398 e. The van der Waals surface area contributed by atoms with Crippen LogP contribution in [0.2, 0.25) is 0 Å². The van der Waals surface area contributed by atoms with Crippen LogP contribution in [0, 0.1) is 0 Å². The second-order valence-electron chi connectivity index (χ2n) is 4.29. The van der Waals surface area contributed by atoms with E-state index in [1.807, 2.05) is 6.92 Å². The van der Waals surface area contributed by atoms with Crippen LogP contribution in [-0.2, 0) is 22.9 Å². The molecule has 0 saturated heterocycles. The predicted octanol–water partition coefficient (Wildman–Crippen LogP) is 0.470. The molecule has 0 saturated carbocycles. The molecule has 1 aromatic carbocycles. The van der Waals surface area contributed by atoms with Gasteiger partial charge in [-0.15, -0.1) is 0 Å². The molecule has 0 bridgehead atoms. The van der Waals surface area contributed by atoms with E-state index in [2.05, 4.69) is 19.9 Å².